The van der Waals surface area contributed by atoms with Gasteiger partial charge in [-0.15, -0.1) is 0 Å². The number of nitrogens with one attached hydrogen (secondary N) is 2. The molecule has 2 aliphatic heterocycles. The maximum Gasteiger partial charge on any atom is 0.322 e. The van der Waals surface area contributed by atoms with Crippen LogP contribution in [0.5, 0.6) is 0 Å². The maximum absolute atomic E-state index is 13.5. The Morgan fingerprint density at radius 3 is 2.85 bits per heavy atom. The highest BCUT2D eigenvalue weighted by Gasteiger charge is 2.37. The second-order valence-electron chi connectivity index (χ2n) is 8.28. The number of carbonyl (C=O) groups excluding carboxylic acids is 2. The van der Waals surface area contributed by atoms with Crippen LogP contribution in [0.15, 0.2) is 22.7 Å². The lowest BCUT2D eigenvalue weighted by atomic mass is 9.99. The Balaban J connectivity index is 1.54. The molecule has 2 aromatic rings. The van der Waals surface area contributed by atoms with Crippen LogP contribution < -0.4 is 10.6 Å². The van der Waals surface area contributed by atoms with E-state index in [4.69, 9.17) is 4.84 Å². The van der Waals surface area contributed by atoms with Crippen LogP contribution >= 0.6 is 15.9 Å². The highest BCUT2D eigenvalue weighted by atomic mass is 79.9. The molecule has 34 heavy (non-hydrogen) atoms. The summed E-state index contributed by atoms with van der Waals surface area (Å²) in [6, 6.07) is 3.58. The van der Waals surface area contributed by atoms with Crippen molar-refractivity contribution in [3.05, 3.63) is 45.4 Å². The number of benzene rings is 1. The Morgan fingerprint density at radius 1 is 1.38 bits per heavy atom. The van der Waals surface area contributed by atoms with Gasteiger partial charge in [-0.05, 0) is 41.1 Å². The Morgan fingerprint density at radius 2 is 2.15 bits per heavy atom. The summed E-state index contributed by atoms with van der Waals surface area (Å²) in [4.78, 5) is 33.3. The van der Waals surface area contributed by atoms with Gasteiger partial charge in [-0.1, -0.05) is 0 Å². The van der Waals surface area contributed by atoms with Crippen LogP contribution in [0.3, 0.4) is 0 Å². The fourth-order valence-electron chi connectivity index (χ4n) is 4.11. The minimum Gasteiger partial charge on any atom is -0.317 e. The largest absolute Gasteiger partial charge is 0.322 e. The van der Waals surface area contributed by atoms with Gasteiger partial charge < -0.3 is 15.5 Å². The number of hydrogen-bond acceptors (Lipinski definition) is 5. The smallest absolute Gasteiger partial charge is 0.317 e. The first kappa shape index (κ1) is 24.5. The predicted octanol–water partition coefficient (Wildman–Crippen LogP) is 3.00. The van der Waals surface area contributed by atoms with E-state index >= 15 is 0 Å². The molecule has 9 nitrogen and oxygen atoms in total. The zero-order valence-electron chi connectivity index (χ0n) is 18.5. The Hall–Kier alpha value is -2.64. The number of hydroxylamine groups is 2. The number of rotatable bonds is 5. The average molecular weight is 545 g/mol. The first-order valence-electron chi connectivity index (χ1n) is 10.7. The van der Waals surface area contributed by atoms with E-state index in [2.05, 4.69) is 31.7 Å². The normalized spacial score (nSPS) is 20.3. The number of anilines is 1. The van der Waals surface area contributed by atoms with Gasteiger partial charge in [0.05, 0.1) is 29.8 Å². The monoisotopic (exact) mass is 544 g/mol. The third-order valence-corrected chi connectivity index (χ3v) is 6.37. The number of alkyl halides is 2. The molecule has 1 aromatic heterocycles. The van der Waals surface area contributed by atoms with Gasteiger partial charge in [0, 0.05) is 37.3 Å². The Bertz CT molecular complexity index is 1100. The van der Waals surface area contributed by atoms with Crippen molar-refractivity contribution >= 4 is 33.6 Å². The summed E-state index contributed by atoms with van der Waals surface area (Å²) in [7, 11) is 1.46. The number of halogens is 4. The zero-order valence-corrected chi connectivity index (χ0v) is 20.1. The lowest BCUT2D eigenvalue weighted by molar-refractivity contribution is -0.146. The lowest BCUT2D eigenvalue weighted by Gasteiger charge is -2.33. The zero-order chi connectivity index (χ0) is 24.6. The first-order valence-corrected chi connectivity index (χ1v) is 11.5. The van der Waals surface area contributed by atoms with E-state index in [0.29, 0.717) is 29.1 Å². The summed E-state index contributed by atoms with van der Waals surface area (Å²) >= 11 is 3.10. The maximum atomic E-state index is 13.5. The standard InChI is InChI=1S/C21H24BrF3N6O3/c1-11-5-17-14(10-30(11)21(33)27-12-3-4-16(23)15(22)6-12)19-20(32)29(2)34-13(9-31(19)28-17)7-26-8-18(24)25/h3-4,6,11,13,18,26H,5,7-10H2,1-2H3,(H,27,33). The Labute approximate surface area is 202 Å². The molecule has 0 fully saturated rings. The van der Waals surface area contributed by atoms with Gasteiger partial charge >= 0.3 is 6.03 Å². The summed E-state index contributed by atoms with van der Waals surface area (Å²) in [6.07, 6.45) is -2.64. The van der Waals surface area contributed by atoms with Gasteiger partial charge in [-0.3, -0.25) is 14.3 Å². The van der Waals surface area contributed by atoms with Crippen LogP contribution in [0.1, 0.15) is 28.7 Å². The number of amides is 3. The van der Waals surface area contributed by atoms with Gasteiger partial charge in [0.25, 0.3) is 12.3 Å². The molecular weight excluding hydrogens is 521 g/mol. The summed E-state index contributed by atoms with van der Waals surface area (Å²) in [5, 5.41) is 11.0. The van der Waals surface area contributed by atoms with Gasteiger partial charge in [0.2, 0.25) is 0 Å². The van der Waals surface area contributed by atoms with Crippen molar-refractivity contribution in [1.29, 1.82) is 0 Å². The third kappa shape index (κ3) is 5.05. The Kier molecular flexibility index (Phi) is 7.14. The first-order chi connectivity index (χ1) is 16.1. The van der Waals surface area contributed by atoms with E-state index in [1.54, 1.807) is 4.90 Å². The highest BCUT2D eigenvalue weighted by molar-refractivity contribution is 9.10. The molecule has 1 aromatic carbocycles. The molecule has 0 aliphatic carbocycles. The SMILES string of the molecule is CC1Cc2nn3c(c2CN1C(=O)Nc1ccc(F)c(Br)c1)C(=O)N(C)OC(CNCC(F)F)C3. The van der Waals surface area contributed by atoms with Crippen molar-refractivity contribution < 1.29 is 27.6 Å². The summed E-state index contributed by atoms with van der Waals surface area (Å²) in [5.41, 5.74) is 2.06. The molecule has 4 rings (SSSR count). The van der Waals surface area contributed by atoms with E-state index in [1.165, 1.54) is 29.9 Å². The van der Waals surface area contributed by atoms with Crippen molar-refractivity contribution in [2.45, 2.75) is 45.0 Å². The number of carbonyl (C=O) groups is 2. The molecule has 2 N–H and O–H groups in total. The van der Waals surface area contributed by atoms with Crippen LogP contribution in [0.25, 0.3) is 0 Å². The summed E-state index contributed by atoms with van der Waals surface area (Å²) < 4.78 is 40.2. The summed E-state index contributed by atoms with van der Waals surface area (Å²) in [6.45, 7) is 1.85. The molecule has 0 spiro atoms. The van der Waals surface area contributed by atoms with Crippen LogP contribution in [-0.2, 0) is 24.3 Å². The van der Waals surface area contributed by atoms with Crippen LogP contribution in [0, 0.1) is 5.82 Å². The quantitative estimate of drug-likeness (QED) is 0.603. The van der Waals surface area contributed by atoms with E-state index in [9.17, 15) is 22.8 Å². The average Bonchev–Trinajstić information content (AvgIpc) is 3.05. The molecule has 0 saturated carbocycles. The number of urea groups is 1. The third-order valence-electron chi connectivity index (χ3n) is 5.76. The number of hydrogen-bond donors (Lipinski definition) is 2. The fourth-order valence-corrected chi connectivity index (χ4v) is 4.49. The minimum atomic E-state index is -2.49. The molecule has 0 saturated heterocycles. The topological polar surface area (TPSA) is 91.7 Å². The van der Waals surface area contributed by atoms with Gasteiger partial charge in [-0.25, -0.2) is 23.0 Å². The molecule has 3 heterocycles. The summed E-state index contributed by atoms with van der Waals surface area (Å²) in [5.74, 6) is -0.869. The second kappa shape index (κ2) is 9.92. The van der Waals surface area contributed by atoms with Gasteiger partial charge in [0.15, 0.2) is 0 Å². The number of aromatic nitrogens is 2. The van der Waals surface area contributed by atoms with Gasteiger partial charge in [-0.2, -0.15) is 5.10 Å². The fraction of sp³-hybridized carbons (Fsp3) is 0.476. The van der Waals surface area contributed by atoms with E-state index < -0.39 is 36.8 Å². The van der Waals surface area contributed by atoms with Crippen LogP contribution in [0.2, 0.25) is 0 Å². The van der Waals surface area contributed by atoms with Gasteiger partial charge in [0.1, 0.15) is 17.6 Å². The molecule has 2 atom stereocenters. The molecule has 2 aliphatic rings. The molecule has 0 bridgehead atoms. The van der Waals surface area contributed by atoms with Crippen molar-refractivity contribution in [2.24, 2.45) is 0 Å². The van der Waals surface area contributed by atoms with Crippen molar-refractivity contribution in [3.63, 3.8) is 0 Å². The predicted molar refractivity (Wildman–Crippen MR) is 120 cm³/mol. The van der Waals surface area contributed by atoms with E-state index in [-0.39, 0.29) is 30.1 Å². The number of nitrogens with zero attached hydrogens (tertiary/aromatic N) is 4. The number of fused-ring (bicyclic) bond motifs is 3. The molecular formula is C21H24BrF3N6O3. The van der Waals surface area contributed by atoms with Crippen LogP contribution in [-0.4, -0.2) is 70.4 Å². The minimum absolute atomic E-state index is 0.115. The van der Waals surface area contributed by atoms with Crippen molar-refractivity contribution in [3.8, 4) is 0 Å². The van der Waals surface area contributed by atoms with E-state index in [1.807, 2.05) is 6.92 Å². The molecule has 0 radical (unpaired) electrons. The van der Waals surface area contributed by atoms with Crippen molar-refractivity contribution in [1.82, 2.24) is 25.1 Å². The molecule has 184 valence electrons. The van der Waals surface area contributed by atoms with E-state index in [0.717, 1.165) is 5.06 Å². The highest BCUT2D eigenvalue weighted by Crippen LogP contribution is 2.29. The van der Waals surface area contributed by atoms with Crippen LogP contribution in [0.4, 0.5) is 23.7 Å². The van der Waals surface area contributed by atoms with Crippen molar-refractivity contribution in [2.75, 3.05) is 25.5 Å². The molecule has 2 unspecified atom stereocenters. The lowest BCUT2D eigenvalue weighted by Crippen LogP contribution is -2.45. The molecule has 13 heteroatoms. The second-order valence-corrected chi connectivity index (χ2v) is 9.13. The molecule has 3 amide bonds.